The lowest BCUT2D eigenvalue weighted by atomic mass is 10.2. The maximum atomic E-state index is 12.7. The van der Waals surface area contributed by atoms with Gasteiger partial charge >= 0.3 is 0 Å². The van der Waals surface area contributed by atoms with E-state index in [4.69, 9.17) is 9.47 Å². The maximum absolute atomic E-state index is 12.7. The molecule has 3 rings (SSSR count). The molecular formula is C24H25N3O4. The standard InChI is InChI=1S/C24H25N3O4/c1-3-15-31-22-9-5-4-7-19(22)16-25-26-23(28)21-8-6-14-27(24(21)29)17-18-10-12-20(30-2)13-11-18/h4-14,16H,3,15,17H2,1-2H3,(H,26,28)/b25-16-. The van der Waals surface area contributed by atoms with E-state index in [1.807, 2.05) is 55.5 Å². The zero-order valence-corrected chi connectivity index (χ0v) is 17.6. The highest BCUT2D eigenvalue weighted by Crippen LogP contribution is 2.16. The third-order valence-electron chi connectivity index (χ3n) is 4.53. The Morgan fingerprint density at radius 2 is 1.87 bits per heavy atom. The molecule has 0 spiro atoms. The molecule has 160 valence electrons. The minimum absolute atomic E-state index is 0.0173. The molecular weight excluding hydrogens is 394 g/mol. The molecule has 0 aliphatic heterocycles. The number of carbonyl (C=O) groups is 1. The van der Waals surface area contributed by atoms with Crippen LogP contribution in [0, 0.1) is 0 Å². The first-order valence-corrected chi connectivity index (χ1v) is 10.00. The van der Waals surface area contributed by atoms with E-state index in [9.17, 15) is 9.59 Å². The molecule has 3 aromatic rings. The number of benzene rings is 2. The van der Waals surface area contributed by atoms with Gasteiger partial charge < -0.3 is 14.0 Å². The van der Waals surface area contributed by atoms with Crippen LogP contribution in [0.4, 0.5) is 0 Å². The van der Waals surface area contributed by atoms with Gasteiger partial charge in [-0.15, -0.1) is 0 Å². The summed E-state index contributed by atoms with van der Waals surface area (Å²) in [6.45, 7) is 2.96. The summed E-state index contributed by atoms with van der Waals surface area (Å²) in [7, 11) is 1.60. The van der Waals surface area contributed by atoms with Crippen LogP contribution in [0.3, 0.4) is 0 Å². The first-order valence-electron chi connectivity index (χ1n) is 10.00. The second kappa shape index (κ2) is 10.8. The van der Waals surface area contributed by atoms with Crippen molar-refractivity contribution in [2.24, 2.45) is 5.10 Å². The monoisotopic (exact) mass is 419 g/mol. The molecule has 0 bridgehead atoms. The number of carbonyl (C=O) groups excluding carboxylic acids is 1. The van der Waals surface area contributed by atoms with Gasteiger partial charge in [-0.25, -0.2) is 5.43 Å². The molecule has 0 unspecified atom stereocenters. The molecule has 0 aliphatic rings. The average Bonchev–Trinajstić information content (AvgIpc) is 2.80. The number of para-hydroxylation sites is 1. The van der Waals surface area contributed by atoms with E-state index in [1.165, 1.54) is 16.8 Å². The summed E-state index contributed by atoms with van der Waals surface area (Å²) < 4.78 is 12.3. The Morgan fingerprint density at radius 1 is 1.10 bits per heavy atom. The molecule has 1 heterocycles. The molecule has 1 aromatic heterocycles. The number of aromatic nitrogens is 1. The normalized spacial score (nSPS) is 10.8. The van der Waals surface area contributed by atoms with Crippen molar-refractivity contribution in [1.82, 2.24) is 9.99 Å². The van der Waals surface area contributed by atoms with Crippen LogP contribution in [-0.4, -0.2) is 30.4 Å². The summed E-state index contributed by atoms with van der Waals surface area (Å²) in [6.07, 6.45) is 4.04. The Morgan fingerprint density at radius 3 is 2.61 bits per heavy atom. The van der Waals surface area contributed by atoms with Gasteiger partial charge in [-0.1, -0.05) is 31.2 Å². The van der Waals surface area contributed by atoms with Gasteiger partial charge in [-0.3, -0.25) is 9.59 Å². The van der Waals surface area contributed by atoms with E-state index in [0.29, 0.717) is 18.9 Å². The number of hydrogen-bond acceptors (Lipinski definition) is 5. The fourth-order valence-corrected chi connectivity index (χ4v) is 2.91. The molecule has 1 amide bonds. The van der Waals surface area contributed by atoms with Gasteiger partial charge in [0, 0.05) is 11.8 Å². The predicted octanol–water partition coefficient (Wildman–Crippen LogP) is 3.46. The lowest BCUT2D eigenvalue weighted by Crippen LogP contribution is -2.30. The SMILES string of the molecule is CCCOc1ccccc1/C=N\NC(=O)c1cccn(Cc2ccc(OC)cc2)c1=O. The predicted molar refractivity (Wildman–Crippen MR) is 120 cm³/mol. The number of nitrogens with one attached hydrogen (secondary N) is 1. The Hall–Kier alpha value is -3.87. The maximum Gasteiger partial charge on any atom is 0.276 e. The molecule has 0 saturated heterocycles. The van der Waals surface area contributed by atoms with Gasteiger partial charge in [-0.2, -0.15) is 5.10 Å². The Balaban J connectivity index is 1.70. The largest absolute Gasteiger partial charge is 0.497 e. The fourth-order valence-electron chi connectivity index (χ4n) is 2.91. The zero-order valence-electron chi connectivity index (χ0n) is 17.6. The minimum atomic E-state index is -0.572. The van der Waals surface area contributed by atoms with E-state index in [-0.39, 0.29) is 5.56 Å². The van der Waals surface area contributed by atoms with Crippen LogP contribution in [0.5, 0.6) is 11.5 Å². The number of hydrazone groups is 1. The Kier molecular flexibility index (Phi) is 7.59. The second-order valence-electron chi connectivity index (χ2n) is 6.79. The summed E-state index contributed by atoms with van der Waals surface area (Å²) in [5, 5.41) is 3.99. The highest BCUT2D eigenvalue weighted by molar-refractivity contribution is 5.94. The van der Waals surface area contributed by atoms with Crippen molar-refractivity contribution in [2.45, 2.75) is 19.9 Å². The molecule has 0 atom stereocenters. The first kappa shape index (κ1) is 21.8. The molecule has 7 nitrogen and oxygen atoms in total. The van der Waals surface area contributed by atoms with E-state index >= 15 is 0 Å². The van der Waals surface area contributed by atoms with Crippen molar-refractivity contribution < 1.29 is 14.3 Å². The number of amides is 1. The van der Waals surface area contributed by atoms with Crippen LogP contribution >= 0.6 is 0 Å². The van der Waals surface area contributed by atoms with Crippen molar-refractivity contribution in [3.05, 3.63) is 93.9 Å². The molecule has 0 saturated carbocycles. The van der Waals surface area contributed by atoms with Crippen LogP contribution < -0.4 is 20.5 Å². The molecule has 2 aromatic carbocycles. The molecule has 31 heavy (non-hydrogen) atoms. The Bertz CT molecular complexity index is 1100. The molecule has 1 N–H and O–H groups in total. The van der Waals surface area contributed by atoms with Crippen molar-refractivity contribution >= 4 is 12.1 Å². The third kappa shape index (κ3) is 5.82. The van der Waals surface area contributed by atoms with Gasteiger partial charge in [0.1, 0.15) is 17.1 Å². The van der Waals surface area contributed by atoms with Crippen LogP contribution in [0.1, 0.15) is 34.8 Å². The van der Waals surface area contributed by atoms with Crippen molar-refractivity contribution in [3.8, 4) is 11.5 Å². The molecule has 0 radical (unpaired) electrons. The highest BCUT2D eigenvalue weighted by Gasteiger charge is 2.12. The summed E-state index contributed by atoms with van der Waals surface area (Å²) >= 11 is 0. The number of nitrogens with zero attached hydrogens (tertiary/aromatic N) is 2. The van der Waals surface area contributed by atoms with Crippen molar-refractivity contribution in [3.63, 3.8) is 0 Å². The lowest BCUT2D eigenvalue weighted by molar-refractivity contribution is 0.0953. The van der Waals surface area contributed by atoms with Gasteiger partial charge in [0.2, 0.25) is 0 Å². The molecule has 7 heteroatoms. The number of ether oxygens (including phenoxy) is 2. The fraction of sp³-hybridized carbons (Fsp3) is 0.208. The quantitative estimate of drug-likeness (QED) is 0.425. The third-order valence-corrected chi connectivity index (χ3v) is 4.53. The van der Waals surface area contributed by atoms with Gasteiger partial charge in [0.15, 0.2) is 0 Å². The number of rotatable bonds is 9. The van der Waals surface area contributed by atoms with E-state index < -0.39 is 11.5 Å². The minimum Gasteiger partial charge on any atom is -0.497 e. The number of hydrogen-bond donors (Lipinski definition) is 1. The Labute approximate surface area is 180 Å². The van der Waals surface area contributed by atoms with Gasteiger partial charge in [0.05, 0.1) is 26.5 Å². The number of methoxy groups -OCH3 is 1. The van der Waals surface area contributed by atoms with Crippen molar-refractivity contribution in [2.75, 3.05) is 13.7 Å². The summed E-state index contributed by atoms with van der Waals surface area (Å²) in [4.78, 5) is 25.3. The zero-order chi connectivity index (χ0) is 22.1. The average molecular weight is 419 g/mol. The summed E-state index contributed by atoms with van der Waals surface area (Å²) in [5.41, 5.74) is 3.71. The smallest absolute Gasteiger partial charge is 0.276 e. The van der Waals surface area contributed by atoms with Crippen LogP contribution in [0.2, 0.25) is 0 Å². The summed E-state index contributed by atoms with van der Waals surface area (Å²) in [6, 6.07) is 18.0. The summed E-state index contributed by atoms with van der Waals surface area (Å²) in [5.74, 6) is 0.852. The van der Waals surface area contributed by atoms with Crippen LogP contribution in [0.15, 0.2) is 76.8 Å². The van der Waals surface area contributed by atoms with Crippen molar-refractivity contribution in [1.29, 1.82) is 0 Å². The lowest BCUT2D eigenvalue weighted by Gasteiger charge is -2.09. The van der Waals surface area contributed by atoms with Crippen LogP contribution in [-0.2, 0) is 6.54 Å². The molecule has 0 aliphatic carbocycles. The van der Waals surface area contributed by atoms with E-state index in [0.717, 1.165) is 23.3 Å². The second-order valence-corrected chi connectivity index (χ2v) is 6.79. The van der Waals surface area contributed by atoms with Crippen LogP contribution in [0.25, 0.3) is 0 Å². The molecule has 0 fully saturated rings. The topological polar surface area (TPSA) is 81.9 Å². The highest BCUT2D eigenvalue weighted by atomic mass is 16.5. The van der Waals surface area contributed by atoms with Gasteiger partial charge in [0.25, 0.3) is 11.5 Å². The number of pyridine rings is 1. The first-order chi connectivity index (χ1) is 15.1. The van der Waals surface area contributed by atoms with E-state index in [2.05, 4.69) is 10.5 Å². The van der Waals surface area contributed by atoms with Gasteiger partial charge in [-0.05, 0) is 48.4 Å². The van der Waals surface area contributed by atoms with E-state index in [1.54, 1.807) is 19.4 Å².